The Morgan fingerprint density at radius 1 is 1.23 bits per heavy atom. The number of guanidine groups is 1. The topological polar surface area (TPSA) is 77.0 Å². The maximum atomic E-state index is 12.6. The van der Waals surface area contributed by atoms with Gasteiger partial charge in [0.05, 0.1) is 0 Å². The van der Waals surface area contributed by atoms with Crippen LogP contribution in [0.5, 0.6) is 0 Å². The molecule has 0 unspecified atom stereocenters. The van der Waals surface area contributed by atoms with Crippen LogP contribution >= 0.6 is 0 Å². The number of nitrogens with zero attached hydrogens (tertiary/aromatic N) is 3. The normalized spacial score (nSPS) is 21.2. The Balaban J connectivity index is 1.75. The van der Waals surface area contributed by atoms with Gasteiger partial charge in [-0.2, -0.15) is 17.5 Å². The summed E-state index contributed by atoms with van der Waals surface area (Å²) in [4.78, 5) is 6.54. The predicted molar refractivity (Wildman–Crippen MR) is 94.3 cm³/mol. The zero-order valence-electron chi connectivity index (χ0n) is 15.2. The molecule has 2 aliphatic rings. The van der Waals surface area contributed by atoms with Crippen LogP contribution in [0.1, 0.15) is 32.6 Å². The number of halogens is 3. The third-order valence-corrected chi connectivity index (χ3v) is 6.44. The molecule has 1 saturated carbocycles. The van der Waals surface area contributed by atoms with Crippen LogP contribution in [-0.2, 0) is 10.0 Å². The summed E-state index contributed by atoms with van der Waals surface area (Å²) < 4.78 is 61.2. The van der Waals surface area contributed by atoms with Crippen molar-refractivity contribution >= 4 is 16.0 Å². The Bertz CT molecular complexity index is 585. The van der Waals surface area contributed by atoms with Crippen LogP contribution < -0.4 is 10.6 Å². The predicted octanol–water partition coefficient (Wildman–Crippen LogP) is 0.950. The molecule has 0 aromatic heterocycles. The number of nitrogens with one attached hydrogen (secondary N) is 2. The molecule has 1 aliphatic heterocycles. The molecule has 0 aromatic carbocycles. The first-order chi connectivity index (χ1) is 12.2. The fourth-order valence-corrected chi connectivity index (χ4v) is 4.12. The zero-order chi connectivity index (χ0) is 19.4. The van der Waals surface area contributed by atoms with Crippen LogP contribution in [0.2, 0.25) is 0 Å². The van der Waals surface area contributed by atoms with Gasteiger partial charge < -0.3 is 10.6 Å². The smallest absolute Gasteiger partial charge is 0.355 e. The van der Waals surface area contributed by atoms with Crippen molar-refractivity contribution in [2.24, 2.45) is 4.99 Å². The lowest BCUT2D eigenvalue weighted by molar-refractivity contribution is -0.0494. The van der Waals surface area contributed by atoms with Crippen molar-refractivity contribution in [1.29, 1.82) is 0 Å². The molecule has 0 aromatic rings. The minimum absolute atomic E-state index is 0.105. The molecule has 1 aliphatic carbocycles. The molecule has 2 N–H and O–H groups in total. The summed E-state index contributed by atoms with van der Waals surface area (Å²) in [6.07, 6.45) is 3.11. The Labute approximate surface area is 153 Å². The van der Waals surface area contributed by atoms with Crippen LogP contribution in [0.15, 0.2) is 4.99 Å². The highest BCUT2D eigenvalue weighted by Gasteiger charge is 2.50. The Kier molecular flexibility index (Phi) is 7.14. The first kappa shape index (κ1) is 21.2. The lowest BCUT2D eigenvalue weighted by Gasteiger charge is -2.32. The number of likely N-dealkylation sites (N-methyl/N-ethyl adjacent to an activating group) is 1. The summed E-state index contributed by atoms with van der Waals surface area (Å²) in [6.45, 7) is 4.47. The molecule has 11 heteroatoms. The van der Waals surface area contributed by atoms with Crippen molar-refractivity contribution in [2.45, 2.75) is 50.2 Å². The quantitative estimate of drug-likeness (QED) is 0.492. The number of rotatable bonds is 7. The highest BCUT2D eigenvalue weighted by atomic mass is 32.2. The summed E-state index contributed by atoms with van der Waals surface area (Å²) >= 11 is 0. The fourth-order valence-electron chi connectivity index (χ4n) is 3.13. The van der Waals surface area contributed by atoms with Crippen LogP contribution in [0.4, 0.5) is 13.2 Å². The van der Waals surface area contributed by atoms with E-state index in [9.17, 15) is 21.6 Å². The van der Waals surface area contributed by atoms with E-state index < -0.39 is 15.5 Å². The number of piperidine rings is 1. The molecule has 0 atom stereocenters. The summed E-state index contributed by atoms with van der Waals surface area (Å²) in [5.41, 5.74) is -5.24. The van der Waals surface area contributed by atoms with E-state index in [1.165, 1.54) is 12.8 Å². The second-order valence-electron chi connectivity index (χ2n) is 6.63. The van der Waals surface area contributed by atoms with Crippen molar-refractivity contribution in [1.82, 2.24) is 19.8 Å². The zero-order valence-corrected chi connectivity index (χ0v) is 16.0. The Hall–Kier alpha value is -1.07. The van der Waals surface area contributed by atoms with Crippen LogP contribution in [0.25, 0.3) is 0 Å². The molecule has 2 rings (SSSR count). The molecule has 2 fully saturated rings. The first-order valence-corrected chi connectivity index (χ1v) is 10.4. The van der Waals surface area contributed by atoms with Crippen LogP contribution in [0, 0.1) is 0 Å². The number of hydrogen-bond acceptors (Lipinski definition) is 4. The molecule has 26 heavy (non-hydrogen) atoms. The van der Waals surface area contributed by atoms with Gasteiger partial charge in [0.1, 0.15) is 0 Å². The van der Waals surface area contributed by atoms with Gasteiger partial charge >= 0.3 is 15.5 Å². The van der Waals surface area contributed by atoms with Crippen molar-refractivity contribution in [3.63, 3.8) is 0 Å². The maximum Gasteiger partial charge on any atom is 0.511 e. The molecule has 1 saturated heterocycles. The van der Waals surface area contributed by atoms with Crippen molar-refractivity contribution in [3.8, 4) is 0 Å². The maximum absolute atomic E-state index is 12.6. The van der Waals surface area contributed by atoms with E-state index in [2.05, 4.69) is 27.4 Å². The number of hydrogen-bond donors (Lipinski definition) is 2. The van der Waals surface area contributed by atoms with E-state index >= 15 is 0 Å². The van der Waals surface area contributed by atoms with E-state index in [0.29, 0.717) is 29.1 Å². The largest absolute Gasteiger partial charge is 0.511 e. The fraction of sp³-hybridized carbons (Fsp3) is 0.933. The van der Waals surface area contributed by atoms with Gasteiger partial charge in [0, 0.05) is 45.3 Å². The van der Waals surface area contributed by atoms with Gasteiger partial charge in [-0.1, -0.05) is 6.92 Å². The van der Waals surface area contributed by atoms with Gasteiger partial charge in [-0.3, -0.25) is 9.89 Å². The van der Waals surface area contributed by atoms with Gasteiger partial charge in [0.25, 0.3) is 0 Å². The summed E-state index contributed by atoms with van der Waals surface area (Å²) in [5.74, 6) is 0.592. The molecule has 7 nitrogen and oxygen atoms in total. The lowest BCUT2D eigenvalue weighted by Crippen LogP contribution is -2.52. The molecular formula is C15H28F3N5O2S. The molecule has 152 valence electrons. The lowest BCUT2D eigenvalue weighted by atomic mass is 10.1. The van der Waals surface area contributed by atoms with E-state index in [-0.39, 0.29) is 19.1 Å². The average Bonchev–Trinajstić information content (AvgIpc) is 3.42. The van der Waals surface area contributed by atoms with E-state index in [4.69, 9.17) is 0 Å². The summed E-state index contributed by atoms with van der Waals surface area (Å²) in [6, 6.07) is 0.586. The first-order valence-electron chi connectivity index (χ1n) is 8.96. The van der Waals surface area contributed by atoms with Crippen molar-refractivity contribution in [2.75, 3.05) is 39.8 Å². The van der Waals surface area contributed by atoms with Gasteiger partial charge in [0.2, 0.25) is 0 Å². The van der Waals surface area contributed by atoms with Crippen LogP contribution in [-0.4, -0.2) is 80.9 Å². The third-order valence-electron chi connectivity index (χ3n) is 4.81. The molecule has 0 radical (unpaired) electrons. The SMILES string of the molecule is CCN(CCNC(=NC)NC1CCN(S(=O)(=O)C(F)(F)F)CC1)C1CC1. The van der Waals surface area contributed by atoms with Gasteiger partial charge in [-0.15, -0.1) is 0 Å². The second-order valence-corrected chi connectivity index (χ2v) is 8.56. The van der Waals surface area contributed by atoms with E-state index in [1.807, 2.05) is 0 Å². The van der Waals surface area contributed by atoms with Crippen LogP contribution in [0.3, 0.4) is 0 Å². The monoisotopic (exact) mass is 399 g/mol. The summed E-state index contributed by atoms with van der Waals surface area (Å²) in [7, 11) is -3.60. The average molecular weight is 399 g/mol. The molecule has 0 spiro atoms. The Morgan fingerprint density at radius 2 is 1.85 bits per heavy atom. The number of sulfonamides is 1. The minimum atomic E-state index is -5.24. The molecule has 0 bridgehead atoms. The summed E-state index contributed by atoms with van der Waals surface area (Å²) in [5, 5.41) is 6.39. The number of alkyl halides is 3. The van der Waals surface area contributed by atoms with E-state index in [1.54, 1.807) is 7.05 Å². The van der Waals surface area contributed by atoms with Gasteiger partial charge in [-0.25, -0.2) is 8.42 Å². The van der Waals surface area contributed by atoms with Gasteiger partial charge in [-0.05, 0) is 32.2 Å². The van der Waals surface area contributed by atoms with E-state index in [0.717, 1.165) is 19.6 Å². The Morgan fingerprint density at radius 3 is 2.31 bits per heavy atom. The second kappa shape index (κ2) is 8.75. The minimum Gasteiger partial charge on any atom is -0.355 e. The standard InChI is InChI=1S/C15H28F3N5O2S/c1-3-22(13-4-5-13)11-8-20-14(19-2)21-12-6-9-23(10-7-12)26(24,25)15(16,17)18/h12-13H,3-11H2,1-2H3,(H2,19,20,21). The third kappa shape index (κ3) is 5.46. The highest BCUT2D eigenvalue weighted by Crippen LogP contribution is 2.29. The van der Waals surface area contributed by atoms with Crippen molar-refractivity contribution < 1.29 is 21.6 Å². The van der Waals surface area contributed by atoms with Gasteiger partial charge in [0.15, 0.2) is 5.96 Å². The number of aliphatic imine (C=N–C) groups is 1. The molecular weight excluding hydrogens is 371 g/mol. The highest BCUT2D eigenvalue weighted by molar-refractivity contribution is 7.90. The molecule has 0 amide bonds. The van der Waals surface area contributed by atoms with Crippen molar-refractivity contribution in [3.05, 3.63) is 0 Å². The molecule has 1 heterocycles.